The van der Waals surface area contributed by atoms with Crippen molar-refractivity contribution >= 4 is 17.1 Å². The lowest BCUT2D eigenvalue weighted by Gasteiger charge is -2.33. The minimum atomic E-state index is -0.0995. The number of ether oxygens (including phenoxy) is 3. The fraction of sp³-hybridized carbons (Fsp3) is 0.400. The minimum Gasteiger partial charge on any atom is -0.496 e. The van der Waals surface area contributed by atoms with Crippen LogP contribution in [0.2, 0.25) is 0 Å². The standard InChI is InChI=1S/C28H36N3O3.2CH4O/c1-29(2)18-10-12-22-24(14-18)34-26-16-19(30(3)4)15-25(33-9)28(26)27(22)21-13-11-20(31(5,6)7)17-23(21)32-8;2*1-2/h10-17,27H,1-9H3;2*2H,1H3/q+1;;. The number of methoxy groups -OCH3 is 2. The third-order valence-corrected chi connectivity index (χ3v) is 6.46. The molecular formula is C30H44N3O5+. The predicted molar refractivity (Wildman–Crippen MR) is 158 cm³/mol. The third-order valence-electron chi connectivity index (χ3n) is 6.46. The Morgan fingerprint density at radius 1 is 0.684 bits per heavy atom. The van der Waals surface area contributed by atoms with Crippen molar-refractivity contribution in [2.45, 2.75) is 5.92 Å². The van der Waals surface area contributed by atoms with Gasteiger partial charge in [0.05, 0.1) is 35.4 Å². The van der Waals surface area contributed by atoms with Gasteiger partial charge in [-0.2, -0.15) is 0 Å². The molecule has 8 nitrogen and oxygen atoms in total. The van der Waals surface area contributed by atoms with Crippen LogP contribution in [-0.4, -0.2) is 88.0 Å². The fourth-order valence-electron chi connectivity index (χ4n) is 4.46. The van der Waals surface area contributed by atoms with E-state index in [-0.39, 0.29) is 5.92 Å². The van der Waals surface area contributed by atoms with Gasteiger partial charge < -0.3 is 34.2 Å². The van der Waals surface area contributed by atoms with Gasteiger partial charge in [0.15, 0.2) is 0 Å². The second-order valence-corrected chi connectivity index (χ2v) is 10.0. The van der Waals surface area contributed by atoms with E-state index >= 15 is 0 Å². The first-order chi connectivity index (χ1) is 18.0. The lowest BCUT2D eigenvalue weighted by Crippen LogP contribution is -2.34. The van der Waals surface area contributed by atoms with Crippen molar-refractivity contribution in [1.82, 2.24) is 4.48 Å². The van der Waals surface area contributed by atoms with Gasteiger partial charge in [0.1, 0.15) is 28.7 Å². The first-order valence-electron chi connectivity index (χ1n) is 12.3. The van der Waals surface area contributed by atoms with Gasteiger partial charge in [-0.1, -0.05) is 6.07 Å². The molecule has 1 atom stereocenters. The van der Waals surface area contributed by atoms with E-state index < -0.39 is 0 Å². The average Bonchev–Trinajstić information content (AvgIpc) is 2.92. The number of rotatable bonds is 6. The van der Waals surface area contributed by atoms with Crippen LogP contribution in [0.3, 0.4) is 0 Å². The smallest absolute Gasteiger partial charge is 0.137 e. The van der Waals surface area contributed by atoms with Crippen molar-refractivity contribution in [3.05, 3.63) is 65.2 Å². The SMILES string of the molecule is CO.CO.COc1cc([N+](C)(C)C)ccc1C1c2ccc(N(C)C)cc2Oc2cc(N(C)C)cc(OC)c21. The van der Waals surface area contributed by atoms with Gasteiger partial charge in [-0.05, 0) is 18.2 Å². The molecule has 0 fully saturated rings. The summed E-state index contributed by atoms with van der Waals surface area (Å²) in [5, 5.41) is 14.0. The van der Waals surface area contributed by atoms with Crippen LogP contribution in [0.25, 0.3) is 0 Å². The highest BCUT2D eigenvalue weighted by molar-refractivity contribution is 5.71. The van der Waals surface area contributed by atoms with Gasteiger partial charge in [-0.3, -0.25) is 4.48 Å². The van der Waals surface area contributed by atoms with Crippen molar-refractivity contribution in [1.29, 1.82) is 0 Å². The third kappa shape index (κ3) is 6.15. The highest BCUT2D eigenvalue weighted by atomic mass is 16.5. The molecule has 4 rings (SSSR count). The van der Waals surface area contributed by atoms with Crippen molar-refractivity contribution in [2.75, 3.05) is 87.6 Å². The van der Waals surface area contributed by atoms with E-state index in [0.717, 1.165) is 65.3 Å². The molecule has 208 valence electrons. The molecule has 8 heteroatoms. The van der Waals surface area contributed by atoms with Crippen LogP contribution in [0.5, 0.6) is 23.0 Å². The zero-order valence-electron chi connectivity index (χ0n) is 24.7. The quantitative estimate of drug-likeness (QED) is 0.358. The van der Waals surface area contributed by atoms with Gasteiger partial charge in [0, 0.05) is 101 Å². The highest BCUT2D eigenvalue weighted by Gasteiger charge is 2.35. The van der Waals surface area contributed by atoms with Crippen LogP contribution in [-0.2, 0) is 0 Å². The Kier molecular flexibility index (Phi) is 10.4. The van der Waals surface area contributed by atoms with Crippen LogP contribution in [0, 0.1) is 0 Å². The Morgan fingerprint density at radius 3 is 1.76 bits per heavy atom. The van der Waals surface area contributed by atoms with Crippen molar-refractivity contribution in [3.63, 3.8) is 0 Å². The van der Waals surface area contributed by atoms with Crippen LogP contribution in [0.4, 0.5) is 17.1 Å². The number of nitrogens with zero attached hydrogens (tertiary/aromatic N) is 3. The average molecular weight is 527 g/mol. The van der Waals surface area contributed by atoms with E-state index in [2.05, 4.69) is 79.5 Å². The van der Waals surface area contributed by atoms with Crippen molar-refractivity contribution in [3.8, 4) is 23.0 Å². The Bertz CT molecular complexity index is 1220. The van der Waals surface area contributed by atoms with E-state index in [4.69, 9.17) is 24.4 Å². The van der Waals surface area contributed by atoms with Gasteiger partial charge in [-0.15, -0.1) is 0 Å². The molecule has 1 unspecified atom stereocenters. The van der Waals surface area contributed by atoms with E-state index in [9.17, 15) is 0 Å². The molecule has 2 N–H and O–H groups in total. The van der Waals surface area contributed by atoms with Crippen LogP contribution >= 0.6 is 0 Å². The summed E-state index contributed by atoms with van der Waals surface area (Å²) in [6, 6.07) is 17.1. The molecule has 1 heterocycles. The summed E-state index contributed by atoms with van der Waals surface area (Å²) in [4.78, 5) is 4.14. The molecule has 1 aliphatic heterocycles. The monoisotopic (exact) mass is 526 g/mol. The number of hydrogen-bond acceptors (Lipinski definition) is 7. The van der Waals surface area contributed by atoms with E-state index in [1.165, 1.54) is 5.69 Å². The molecule has 0 amide bonds. The maximum absolute atomic E-state index is 7.00. The molecule has 0 bridgehead atoms. The Labute approximate surface area is 227 Å². The van der Waals surface area contributed by atoms with E-state index in [1.54, 1.807) is 14.2 Å². The molecule has 0 saturated carbocycles. The largest absolute Gasteiger partial charge is 0.496 e. The molecule has 0 aliphatic carbocycles. The molecular weight excluding hydrogens is 482 g/mol. The Balaban J connectivity index is 0.00000121. The fourth-order valence-corrected chi connectivity index (χ4v) is 4.46. The number of aliphatic hydroxyl groups is 2. The van der Waals surface area contributed by atoms with Gasteiger partial charge >= 0.3 is 0 Å². The molecule has 3 aromatic carbocycles. The number of aliphatic hydroxyl groups excluding tert-OH is 2. The van der Waals surface area contributed by atoms with Crippen molar-refractivity contribution in [2.24, 2.45) is 0 Å². The molecule has 0 spiro atoms. The van der Waals surface area contributed by atoms with Gasteiger partial charge in [-0.25, -0.2) is 0 Å². The predicted octanol–water partition coefficient (Wildman–Crippen LogP) is 4.54. The maximum Gasteiger partial charge on any atom is 0.137 e. The van der Waals surface area contributed by atoms with Crippen LogP contribution in [0.15, 0.2) is 48.5 Å². The maximum atomic E-state index is 7.00. The molecule has 0 saturated heterocycles. The zero-order chi connectivity index (χ0) is 28.8. The molecule has 0 aromatic heterocycles. The summed E-state index contributed by atoms with van der Waals surface area (Å²) >= 11 is 0. The second-order valence-electron chi connectivity index (χ2n) is 10.0. The van der Waals surface area contributed by atoms with Crippen molar-refractivity contribution < 1.29 is 24.4 Å². The summed E-state index contributed by atoms with van der Waals surface area (Å²) in [5.74, 6) is 3.20. The van der Waals surface area contributed by atoms with Gasteiger partial charge in [0.2, 0.25) is 0 Å². The van der Waals surface area contributed by atoms with Crippen LogP contribution in [0.1, 0.15) is 22.6 Å². The number of fused-ring (bicyclic) bond motifs is 2. The number of quaternary nitrogens is 1. The van der Waals surface area contributed by atoms with E-state index in [1.807, 2.05) is 28.2 Å². The first-order valence-corrected chi connectivity index (χ1v) is 12.3. The van der Waals surface area contributed by atoms with Gasteiger partial charge in [0.25, 0.3) is 0 Å². The molecule has 3 aromatic rings. The first kappa shape index (κ1) is 30.8. The lowest BCUT2D eigenvalue weighted by molar-refractivity contribution is 0.387. The summed E-state index contributed by atoms with van der Waals surface area (Å²) in [5.41, 5.74) is 6.46. The summed E-state index contributed by atoms with van der Waals surface area (Å²) < 4.78 is 19.1. The number of benzene rings is 3. The topological polar surface area (TPSA) is 74.6 Å². The summed E-state index contributed by atoms with van der Waals surface area (Å²) in [7, 11) is 20.0. The molecule has 0 radical (unpaired) electrons. The molecule has 1 aliphatic rings. The second kappa shape index (κ2) is 12.9. The lowest BCUT2D eigenvalue weighted by atomic mass is 9.81. The minimum absolute atomic E-state index is 0.0995. The zero-order valence-corrected chi connectivity index (χ0v) is 24.7. The van der Waals surface area contributed by atoms with E-state index in [0.29, 0.717) is 4.48 Å². The number of anilines is 2. The highest BCUT2D eigenvalue weighted by Crippen LogP contribution is 2.54. The number of hydrogen-bond donors (Lipinski definition) is 2. The Morgan fingerprint density at radius 2 is 1.24 bits per heavy atom. The summed E-state index contributed by atoms with van der Waals surface area (Å²) in [6.45, 7) is 0. The summed E-state index contributed by atoms with van der Waals surface area (Å²) in [6.07, 6.45) is 0. The normalized spacial score (nSPS) is 13.3. The van der Waals surface area contributed by atoms with Crippen LogP contribution < -0.4 is 28.5 Å². The molecule has 38 heavy (non-hydrogen) atoms. The Hall–Kier alpha value is -3.46.